The molecule has 1 saturated carbocycles. The summed E-state index contributed by atoms with van der Waals surface area (Å²) in [4.78, 5) is 34.6. The quantitative estimate of drug-likeness (QED) is 0.772. The van der Waals surface area contributed by atoms with Gasteiger partial charge < -0.3 is 9.88 Å². The second-order valence-corrected chi connectivity index (χ2v) is 10.7. The second kappa shape index (κ2) is 8.18. The highest BCUT2D eigenvalue weighted by Gasteiger charge is 2.32. The molecule has 1 unspecified atom stereocenters. The van der Waals surface area contributed by atoms with E-state index >= 15 is 0 Å². The number of aromatic amines is 1. The zero-order chi connectivity index (χ0) is 20.6. The number of hydrogen-bond acceptors (Lipinski definition) is 5. The minimum atomic E-state index is -3.33. The summed E-state index contributed by atoms with van der Waals surface area (Å²) in [5, 5.41) is 0. The van der Waals surface area contributed by atoms with Crippen LogP contribution in [0, 0.1) is 5.92 Å². The van der Waals surface area contributed by atoms with Gasteiger partial charge in [0.2, 0.25) is 15.9 Å². The molecule has 8 nitrogen and oxygen atoms in total. The van der Waals surface area contributed by atoms with Crippen molar-refractivity contribution in [3.05, 3.63) is 27.4 Å². The van der Waals surface area contributed by atoms with Crippen molar-refractivity contribution in [3.8, 4) is 0 Å². The maximum Gasteiger partial charge on any atom is 0.255 e. The van der Waals surface area contributed by atoms with Gasteiger partial charge in [-0.15, -0.1) is 0 Å². The Balaban J connectivity index is 1.40. The largest absolute Gasteiger partial charge is 0.342 e. The number of nitrogens with zero attached hydrogens (tertiary/aromatic N) is 3. The van der Waals surface area contributed by atoms with Crippen LogP contribution in [0.25, 0.3) is 0 Å². The summed E-state index contributed by atoms with van der Waals surface area (Å²) in [6.45, 7) is 1.73. The van der Waals surface area contributed by atoms with Crippen LogP contribution >= 0.6 is 0 Å². The Morgan fingerprint density at radius 3 is 2.69 bits per heavy atom. The molecule has 3 heterocycles. The SMILES string of the molecule is CS(=O)(=O)N1CCc2nc(C3CCN(C(=O)CCC4CCCC4)C3)[nH]c(=O)c2C1. The number of H-pyrrole nitrogens is 1. The predicted octanol–water partition coefficient (Wildman–Crippen LogP) is 1.37. The lowest BCUT2D eigenvalue weighted by atomic mass is 10.0. The van der Waals surface area contributed by atoms with Gasteiger partial charge in [-0.25, -0.2) is 13.4 Å². The standard InChI is InChI=1S/C20H30N4O4S/c1-29(27,28)24-11-9-17-16(13-24)20(26)22-19(21-17)15-8-10-23(12-15)18(25)7-6-14-4-2-3-5-14/h14-15H,2-13H2,1H3,(H,21,22,26). The van der Waals surface area contributed by atoms with Gasteiger partial charge in [0, 0.05) is 44.9 Å². The smallest absolute Gasteiger partial charge is 0.255 e. The average Bonchev–Trinajstić information content (AvgIpc) is 3.37. The van der Waals surface area contributed by atoms with Crippen molar-refractivity contribution < 1.29 is 13.2 Å². The predicted molar refractivity (Wildman–Crippen MR) is 109 cm³/mol. The molecule has 160 valence electrons. The number of aromatic nitrogens is 2. The normalized spacial score (nSPS) is 23.5. The molecule has 0 spiro atoms. The van der Waals surface area contributed by atoms with E-state index in [9.17, 15) is 18.0 Å². The molecule has 0 bridgehead atoms. The Kier molecular flexibility index (Phi) is 5.79. The van der Waals surface area contributed by atoms with Crippen LogP contribution in [-0.4, -0.2) is 59.4 Å². The monoisotopic (exact) mass is 422 g/mol. The minimum Gasteiger partial charge on any atom is -0.342 e. The molecule has 2 fully saturated rings. The van der Waals surface area contributed by atoms with E-state index in [1.807, 2.05) is 4.90 Å². The highest BCUT2D eigenvalue weighted by molar-refractivity contribution is 7.88. The first kappa shape index (κ1) is 20.5. The summed E-state index contributed by atoms with van der Waals surface area (Å²) in [5.41, 5.74) is 0.868. The fourth-order valence-corrected chi connectivity index (χ4v) is 5.68. The van der Waals surface area contributed by atoms with Gasteiger partial charge in [-0.1, -0.05) is 25.7 Å². The molecule has 9 heteroatoms. The molecule has 1 aliphatic carbocycles. The highest BCUT2D eigenvalue weighted by atomic mass is 32.2. The lowest BCUT2D eigenvalue weighted by molar-refractivity contribution is -0.130. The summed E-state index contributed by atoms with van der Waals surface area (Å²) >= 11 is 0. The molecule has 1 N–H and O–H groups in total. The molecular weight excluding hydrogens is 392 g/mol. The molecule has 1 amide bonds. The van der Waals surface area contributed by atoms with Crippen molar-refractivity contribution in [2.24, 2.45) is 5.92 Å². The summed E-state index contributed by atoms with van der Waals surface area (Å²) in [6.07, 6.45) is 9.11. The van der Waals surface area contributed by atoms with Crippen LogP contribution in [0.4, 0.5) is 0 Å². The number of carbonyl (C=O) groups is 1. The number of carbonyl (C=O) groups excluding carboxylic acids is 1. The van der Waals surface area contributed by atoms with Crippen LogP contribution in [-0.2, 0) is 27.8 Å². The lowest BCUT2D eigenvalue weighted by Crippen LogP contribution is -2.39. The number of nitrogens with one attached hydrogen (secondary N) is 1. The first-order valence-corrected chi connectivity index (χ1v) is 12.5. The van der Waals surface area contributed by atoms with Gasteiger partial charge in [-0.2, -0.15) is 4.31 Å². The molecule has 1 saturated heterocycles. The maximum absolute atomic E-state index is 12.6. The molecule has 3 aliphatic rings. The van der Waals surface area contributed by atoms with E-state index in [1.54, 1.807) is 0 Å². The van der Waals surface area contributed by atoms with Gasteiger partial charge in [-0.05, 0) is 18.8 Å². The first-order valence-electron chi connectivity index (χ1n) is 10.7. The van der Waals surface area contributed by atoms with Gasteiger partial charge in [-0.3, -0.25) is 9.59 Å². The van der Waals surface area contributed by atoms with E-state index in [4.69, 9.17) is 0 Å². The van der Waals surface area contributed by atoms with Gasteiger partial charge >= 0.3 is 0 Å². The molecule has 1 aromatic rings. The van der Waals surface area contributed by atoms with E-state index in [2.05, 4.69) is 9.97 Å². The fourth-order valence-electron chi connectivity index (χ4n) is 4.89. The van der Waals surface area contributed by atoms with Crippen molar-refractivity contribution in [3.63, 3.8) is 0 Å². The summed E-state index contributed by atoms with van der Waals surface area (Å²) in [5.74, 6) is 1.59. The average molecular weight is 423 g/mol. The summed E-state index contributed by atoms with van der Waals surface area (Å²) in [6, 6.07) is 0. The van der Waals surface area contributed by atoms with Crippen molar-refractivity contribution in [1.82, 2.24) is 19.2 Å². The Hall–Kier alpha value is -1.74. The number of amides is 1. The van der Waals surface area contributed by atoms with Gasteiger partial charge in [0.25, 0.3) is 5.56 Å². The molecule has 1 atom stereocenters. The Bertz CT molecular complexity index is 936. The van der Waals surface area contributed by atoms with Gasteiger partial charge in [0.15, 0.2) is 0 Å². The Morgan fingerprint density at radius 1 is 1.21 bits per heavy atom. The zero-order valence-electron chi connectivity index (χ0n) is 17.0. The highest BCUT2D eigenvalue weighted by Crippen LogP contribution is 2.30. The van der Waals surface area contributed by atoms with Crippen LogP contribution in [0.3, 0.4) is 0 Å². The van der Waals surface area contributed by atoms with Crippen LogP contribution in [0.15, 0.2) is 4.79 Å². The third-order valence-corrected chi connectivity index (χ3v) is 7.94. The second-order valence-electron chi connectivity index (χ2n) is 8.74. The number of sulfonamides is 1. The van der Waals surface area contributed by atoms with E-state index in [0.29, 0.717) is 55.5 Å². The lowest BCUT2D eigenvalue weighted by Gasteiger charge is -2.26. The Labute approximate surface area is 171 Å². The topological polar surface area (TPSA) is 103 Å². The molecule has 2 aliphatic heterocycles. The molecule has 0 aromatic carbocycles. The summed E-state index contributed by atoms with van der Waals surface area (Å²) in [7, 11) is -3.33. The maximum atomic E-state index is 12.6. The van der Waals surface area contributed by atoms with E-state index < -0.39 is 10.0 Å². The molecule has 29 heavy (non-hydrogen) atoms. The molecule has 0 radical (unpaired) electrons. The van der Waals surface area contributed by atoms with Crippen LogP contribution in [0.1, 0.15) is 67.9 Å². The third-order valence-electron chi connectivity index (χ3n) is 6.69. The number of likely N-dealkylation sites (tertiary alicyclic amines) is 1. The van der Waals surface area contributed by atoms with E-state index in [0.717, 1.165) is 19.1 Å². The molecule has 1 aromatic heterocycles. The zero-order valence-corrected chi connectivity index (χ0v) is 17.8. The van der Waals surface area contributed by atoms with Crippen molar-refractivity contribution in [2.75, 3.05) is 25.9 Å². The third kappa shape index (κ3) is 4.55. The van der Waals surface area contributed by atoms with Crippen molar-refractivity contribution in [2.45, 2.75) is 63.8 Å². The van der Waals surface area contributed by atoms with Crippen LogP contribution in [0.2, 0.25) is 0 Å². The Morgan fingerprint density at radius 2 is 1.97 bits per heavy atom. The number of rotatable bonds is 5. The van der Waals surface area contributed by atoms with E-state index in [-0.39, 0.29) is 23.9 Å². The molecular formula is C20H30N4O4S. The van der Waals surface area contributed by atoms with Crippen LogP contribution < -0.4 is 5.56 Å². The first-order chi connectivity index (χ1) is 13.8. The number of fused-ring (bicyclic) bond motifs is 1. The van der Waals surface area contributed by atoms with E-state index in [1.165, 1.54) is 30.0 Å². The fraction of sp³-hybridized carbons (Fsp3) is 0.750. The van der Waals surface area contributed by atoms with Gasteiger partial charge in [0.1, 0.15) is 5.82 Å². The number of hydrogen-bond donors (Lipinski definition) is 1. The molecule has 4 rings (SSSR count). The van der Waals surface area contributed by atoms with Crippen molar-refractivity contribution >= 4 is 15.9 Å². The van der Waals surface area contributed by atoms with Crippen LogP contribution in [0.5, 0.6) is 0 Å². The van der Waals surface area contributed by atoms with Crippen molar-refractivity contribution in [1.29, 1.82) is 0 Å². The summed E-state index contributed by atoms with van der Waals surface area (Å²) < 4.78 is 24.9. The van der Waals surface area contributed by atoms with Gasteiger partial charge in [0.05, 0.1) is 17.5 Å². The minimum absolute atomic E-state index is 0.0383.